The van der Waals surface area contributed by atoms with Crippen LogP contribution in [0.5, 0.6) is 0 Å². The molecule has 2 rings (SSSR count). The van der Waals surface area contributed by atoms with Crippen LogP contribution in [-0.2, 0) is 19.7 Å². The predicted octanol–water partition coefficient (Wildman–Crippen LogP) is 2.74. The van der Waals surface area contributed by atoms with E-state index in [4.69, 9.17) is 23.2 Å². The van der Waals surface area contributed by atoms with E-state index in [2.05, 4.69) is 5.10 Å². The first-order chi connectivity index (χ1) is 12.4. The van der Waals surface area contributed by atoms with Crippen molar-refractivity contribution < 1.29 is 21.6 Å². The number of aromatic nitrogens is 2. The molecule has 1 aromatic heterocycles. The normalized spacial score (nSPS) is 12.2. The van der Waals surface area contributed by atoms with Gasteiger partial charge in [-0.2, -0.15) is 9.78 Å². The molecular weight excluding hydrogens is 437 g/mol. The smallest absolute Gasteiger partial charge is 0.323 e. The van der Waals surface area contributed by atoms with Gasteiger partial charge in [-0.15, -0.1) is 0 Å². The van der Waals surface area contributed by atoms with Gasteiger partial charge < -0.3 is 4.90 Å². The van der Waals surface area contributed by atoms with Crippen molar-refractivity contribution in [3.63, 3.8) is 0 Å². The van der Waals surface area contributed by atoms with Crippen LogP contribution < -0.4 is 0 Å². The van der Waals surface area contributed by atoms with E-state index in [1.807, 2.05) is 0 Å². The summed E-state index contributed by atoms with van der Waals surface area (Å²) in [6.45, 7) is 4.15. The Bertz CT molecular complexity index is 1070. The molecule has 8 nitrogen and oxygen atoms in total. The fourth-order valence-corrected chi connectivity index (χ4v) is 5.70. The number of carbonyl (C=O) groups is 1. The van der Waals surface area contributed by atoms with E-state index in [1.54, 1.807) is 13.8 Å². The van der Waals surface area contributed by atoms with Gasteiger partial charge in [0, 0.05) is 29.4 Å². The molecule has 0 N–H and O–H groups in total. The van der Waals surface area contributed by atoms with E-state index in [0.29, 0.717) is 17.8 Å². The topological polar surface area (TPSA) is 106 Å². The average molecular weight is 454 g/mol. The van der Waals surface area contributed by atoms with Crippen molar-refractivity contribution in [1.29, 1.82) is 0 Å². The summed E-state index contributed by atoms with van der Waals surface area (Å²) in [7, 11) is -8.40. The maximum Gasteiger partial charge on any atom is 0.344 e. The summed E-state index contributed by atoms with van der Waals surface area (Å²) < 4.78 is 50.9. The van der Waals surface area contributed by atoms with E-state index < -0.39 is 35.6 Å². The minimum Gasteiger partial charge on any atom is -0.323 e. The van der Waals surface area contributed by atoms with Crippen LogP contribution in [0.25, 0.3) is 0 Å². The lowest BCUT2D eigenvalue weighted by molar-refractivity contribution is 0.201. The van der Waals surface area contributed by atoms with Crippen LogP contribution in [0.3, 0.4) is 0 Å². The van der Waals surface area contributed by atoms with Crippen LogP contribution >= 0.6 is 23.2 Å². The molecule has 1 amide bonds. The molecule has 0 spiro atoms. The largest absolute Gasteiger partial charge is 0.344 e. The zero-order chi connectivity index (χ0) is 20.6. The second-order valence-electron chi connectivity index (χ2n) is 5.58. The summed E-state index contributed by atoms with van der Waals surface area (Å²) in [5.41, 5.74) is 0. The molecule has 0 atom stereocenters. The maximum atomic E-state index is 13.0. The standard InChI is InChI=1S/C15H17Cl2N3O5S2/c1-4-19(5-2)15(21)20-9-13(26(3,22)23)14(18-20)27(24,25)12-7-10(16)6-11(17)8-12/h6-9H,4-5H2,1-3H3. The highest BCUT2D eigenvalue weighted by atomic mass is 35.5. The van der Waals surface area contributed by atoms with Crippen LogP contribution in [0.15, 0.2) is 39.2 Å². The van der Waals surface area contributed by atoms with Crippen molar-refractivity contribution >= 4 is 48.9 Å². The zero-order valence-electron chi connectivity index (χ0n) is 14.7. The van der Waals surface area contributed by atoms with Gasteiger partial charge in [-0.05, 0) is 32.0 Å². The first-order valence-corrected chi connectivity index (χ1v) is 11.8. The second kappa shape index (κ2) is 7.78. The fraction of sp³-hybridized carbons (Fsp3) is 0.333. The molecular formula is C15H17Cl2N3O5S2. The van der Waals surface area contributed by atoms with Crippen molar-refractivity contribution in [3.05, 3.63) is 34.4 Å². The summed E-state index contributed by atoms with van der Waals surface area (Å²) in [6, 6.07) is 2.94. The van der Waals surface area contributed by atoms with Crippen molar-refractivity contribution in [2.24, 2.45) is 0 Å². The third-order valence-electron chi connectivity index (χ3n) is 3.68. The lowest BCUT2D eigenvalue weighted by Gasteiger charge is -2.17. The number of halogens is 2. The third-order valence-corrected chi connectivity index (χ3v) is 7.01. The molecule has 1 heterocycles. The number of benzene rings is 1. The Morgan fingerprint density at radius 1 is 1.07 bits per heavy atom. The monoisotopic (exact) mass is 453 g/mol. The van der Waals surface area contributed by atoms with Crippen molar-refractivity contribution in [2.45, 2.75) is 28.7 Å². The quantitative estimate of drug-likeness (QED) is 0.688. The third kappa shape index (κ3) is 4.45. The number of carbonyl (C=O) groups excluding carboxylic acids is 1. The Morgan fingerprint density at radius 3 is 2.04 bits per heavy atom. The highest BCUT2D eigenvalue weighted by molar-refractivity contribution is 7.94. The number of rotatable bonds is 5. The second-order valence-corrected chi connectivity index (χ2v) is 10.3. The minimum atomic E-state index is -4.40. The Morgan fingerprint density at radius 2 is 1.59 bits per heavy atom. The van der Waals surface area contributed by atoms with Gasteiger partial charge in [-0.25, -0.2) is 21.6 Å². The van der Waals surface area contributed by atoms with E-state index in [9.17, 15) is 21.6 Å². The van der Waals surface area contributed by atoms with Crippen LogP contribution in [0.4, 0.5) is 4.79 Å². The van der Waals surface area contributed by atoms with Gasteiger partial charge in [0.15, 0.2) is 9.84 Å². The summed E-state index contributed by atoms with van der Waals surface area (Å²) in [5, 5.41) is 3.12. The molecule has 0 unspecified atom stereocenters. The molecule has 148 valence electrons. The molecule has 0 radical (unpaired) electrons. The van der Waals surface area contributed by atoms with Crippen molar-refractivity contribution in [1.82, 2.24) is 14.7 Å². The first-order valence-electron chi connectivity index (χ1n) is 7.72. The lowest BCUT2D eigenvalue weighted by Crippen LogP contribution is -2.34. The molecule has 12 heteroatoms. The molecule has 0 saturated heterocycles. The van der Waals surface area contributed by atoms with E-state index >= 15 is 0 Å². The molecule has 2 aromatic rings. The van der Waals surface area contributed by atoms with Gasteiger partial charge in [-0.1, -0.05) is 23.2 Å². The molecule has 1 aromatic carbocycles. The fourth-order valence-electron chi connectivity index (χ4n) is 2.32. The number of amides is 1. The predicted molar refractivity (Wildman–Crippen MR) is 101 cm³/mol. The van der Waals surface area contributed by atoms with Crippen molar-refractivity contribution in [3.8, 4) is 0 Å². The van der Waals surface area contributed by atoms with Crippen LogP contribution in [0.2, 0.25) is 10.0 Å². The van der Waals surface area contributed by atoms with Gasteiger partial charge in [0.05, 0.1) is 11.1 Å². The minimum absolute atomic E-state index is 0.0561. The summed E-state index contributed by atoms with van der Waals surface area (Å²) in [4.78, 5) is 12.9. The molecule has 0 aliphatic heterocycles. The lowest BCUT2D eigenvalue weighted by atomic mass is 10.4. The zero-order valence-corrected chi connectivity index (χ0v) is 17.8. The number of hydrogen-bond acceptors (Lipinski definition) is 6. The van der Waals surface area contributed by atoms with E-state index in [1.165, 1.54) is 11.0 Å². The van der Waals surface area contributed by atoms with E-state index in [-0.39, 0.29) is 14.9 Å². The summed E-state index contributed by atoms with van der Waals surface area (Å²) in [5.74, 6) is 0. The van der Waals surface area contributed by atoms with Gasteiger partial charge >= 0.3 is 6.03 Å². The number of nitrogens with zero attached hydrogens (tertiary/aromatic N) is 3. The van der Waals surface area contributed by atoms with Crippen molar-refractivity contribution in [2.75, 3.05) is 19.3 Å². The SMILES string of the molecule is CCN(CC)C(=O)n1cc(S(C)(=O)=O)c(S(=O)(=O)c2cc(Cl)cc(Cl)c2)n1. The average Bonchev–Trinajstić information content (AvgIpc) is 3.01. The Hall–Kier alpha value is -1.62. The van der Waals surface area contributed by atoms with Gasteiger partial charge in [0.25, 0.3) is 0 Å². The summed E-state index contributed by atoms with van der Waals surface area (Å²) >= 11 is 11.7. The maximum absolute atomic E-state index is 13.0. The highest BCUT2D eigenvalue weighted by Crippen LogP contribution is 2.30. The molecule has 0 saturated carbocycles. The molecule has 0 aliphatic carbocycles. The van der Waals surface area contributed by atoms with Gasteiger partial charge in [-0.3, -0.25) is 0 Å². The number of sulfone groups is 2. The molecule has 0 fully saturated rings. The molecule has 27 heavy (non-hydrogen) atoms. The molecule has 0 aliphatic rings. The van der Waals surface area contributed by atoms with Crippen LogP contribution in [0.1, 0.15) is 13.8 Å². The summed E-state index contributed by atoms with van der Waals surface area (Å²) in [6.07, 6.45) is 1.73. The van der Waals surface area contributed by atoms with E-state index in [0.717, 1.165) is 24.6 Å². The first kappa shape index (κ1) is 21.7. The van der Waals surface area contributed by atoms with Crippen LogP contribution in [0, 0.1) is 0 Å². The highest BCUT2D eigenvalue weighted by Gasteiger charge is 2.32. The Kier molecular flexibility index (Phi) is 6.25. The van der Waals surface area contributed by atoms with Gasteiger partial charge in [0.1, 0.15) is 4.90 Å². The van der Waals surface area contributed by atoms with Crippen LogP contribution in [-0.4, -0.2) is 56.9 Å². The van der Waals surface area contributed by atoms with Gasteiger partial charge in [0.2, 0.25) is 14.9 Å². The Balaban J connectivity index is 2.73. The Labute approximate surface area is 167 Å². The molecule has 0 bridgehead atoms. The number of hydrogen-bond donors (Lipinski definition) is 0.